The van der Waals surface area contributed by atoms with Crippen LogP contribution in [0.4, 0.5) is 5.69 Å². The number of aromatic hydroxyl groups is 1. The molecule has 0 unspecified atom stereocenters. The van der Waals surface area contributed by atoms with E-state index in [9.17, 15) is 14.7 Å². The fraction of sp³-hybridized carbons (Fsp3) is 0.172. The molecule has 8 nitrogen and oxygen atoms in total. The third kappa shape index (κ3) is 3.22. The highest BCUT2D eigenvalue weighted by Crippen LogP contribution is 2.47. The molecule has 0 saturated heterocycles. The van der Waals surface area contributed by atoms with E-state index in [2.05, 4.69) is 9.88 Å². The van der Waals surface area contributed by atoms with Gasteiger partial charge >= 0.3 is 5.69 Å². The van der Waals surface area contributed by atoms with Crippen LogP contribution in [0.5, 0.6) is 11.5 Å². The van der Waals surface area contributed by atoms with E-state index in [0.717, 1.165) is 44.0 Å². The van der Waals surface area contributed by atoms with E-state index in [1.807, 2.05) is 55.5 Å². The standard InChI is InChI=1S/C29H26N4O4/c1-16-8-7-9-17(14-16)25-23-26(31(2)29(36)32(3)28(23)35)27-24(19-13-12-18(34)15-22(19)37-4)30-20-10-5-6-11-21(20)33(25)27/h5-15,24,30,34H,1-4H3/t24-/m1/s1. The summed E-state index contributed by atoms with van der Waals surface area (Å²) < 4.78 is 10.4. The van der Waals surface area contributed by atoms with Gasteiger partial charge in [0.05, 0.1) is 46.8 Å². The molecule has 0 saturated carbocycles. The number of para-hydroxylation sites is 2. The molecule has 3 heterocycles. The molecule has 6 rings (SSSR count). The highest BCUT2D eigenvalue weighted by molar-refractivity contribution is 5.99. The molecule has 5 aromatic rings. The summed E-state index contributed by atoms with van der Waals surface area (Å²) in [5, 5.41) is 14.2. The SMILES string of the molecule is COc1cc(O)ccc1[C@H]1Nc2ccccc2-n2c(-c3cccc(C)c3)c3c(=O)n(C)c(=O)n(C)c3c21. The Morgan fingerprint density at radius 2 is 1.73 bits per heavy atom. The normalized spacial score (nSPS) is 14.2. The summed E-state index contributed by atoms with van der Waals surface area (Å²) in [6, 6.07) is 20.4. The van der Waals surface area contributed by atoms with Crippen molar-refractivity contribution in [1.82, 2.24) is 13.7 Å². The van der Waals surface area contributed by atoms with Crippen LogP contribution in [-0.2, 0) is 14.1 Å². The molecule has 1 aliphatic heterocycles. The van der Waals surface area contributed by atoms with Crippen molar-refractivity contribution in [2.75, 3.05) is 12.4 Å². The van der Waals surface area contributed by atoms with E-state index in [0.29, 0.717) is 16.7 Å². The smallest absolute Gasteiger partial charge is 0.331 e. The number of nitrogens with one attached hydrogen (secondary N) is 1. The van der Waals surface area contributed by atoms with Gasteiger partial charge in [-0.2, -0.15) is 0 Å². The second kappa shape index (κ2) is 8.16. The molecule has 0 bridgehead atoms. The van der Waals surface area contributed by atoms with Crippen molar-refractivity contribution >= 4 is 16.6 Å². The summed E-state index contributed by atoms with van der Waals surface area (Å²) >= 11 is 0. The molecule has 0 fully saturated rings. The molecule has 186 valence electrons. The van der Waals surface area contributed by atoms with Crippen LogP contribution in [-0.4, -0.2) is 25.9 Å². The fourth-order valence-electron chi connectivity index (χ4n) is 5.46. The average molecular weight is 495 g/mol. The molecule has 0 amide bonds. The van der Waals surface area contributed by atoms with Gasteiger partial charge in [-0.1, -0.05) is 35.9 Å². The number of ether oxygens (including phenoxy) is 1. The van der Waals surface area contributed by atoms with Crippen LogP contribution in [0.3, 0.4) is 0 Å². The molecule has 1 atom stereocenters. The van der Waals surface area contributed by atoms with Crippen molar-refractivity contribution in [2.45, 2.75) is 13.0 Å². The van der Waals surface area contributed by atoms with Crippen LogP contribution in [0.25, 0.3) is 27.8 Å². The zero-order valence-corrected chi connectivity index (χ0v) is 20.9. The summed E-state index contributed by atoms with van der Waals surface area (Å²) in [4.78, 5) is 27.0. The number of methoxy groups -OCH3 is 1. The van der Waals surface area contributed by atoms with E-state index in [-0.39, 0.29) is 11.3 Å². The average Bonchev–Trinajstić information content (AvgIpc) is 3.27. The lowest BCUT2D eigenvalue weighted by molar-refractivity contribution is 0.401. The zero-order chi connectivity index (χ0) is 26.0. The van der Waals surface area contributed by atoms with Gasteiger partial charge in [0.2, 0.25) is 0 Å². The Kier molecular flexibility index (Phi) is 5.01. The van der Waals surface area contributed by atoms with Crippen LogP contribution >= 0.6 is 0 Å². The van der Waals surface area contributed by atoms with Gasteiger partial charge < -0.3 is 19.7 Å². The zero-order valence-electron chi connectivity index (χ0n) is 20.9. The van der Waals surface area contributed by atoms with Gasteiger partial charge in [-0.15, -0.1) is 0 Å². The number of rotatable bonds is 3. The highest BCUT2D eigenvalue weighted by atomic mass is 16.5. The highest BCUT2D eigenvalue weighted by Gasteiger charge is 2.35. The first kappa shape index (κ1) is 22.7. The monoisotopic (exact) mass is 494 g/mol. The van der Waals surface area contributed by atoms with Gasteiger partial charge in [0.1, 0.15) is 11.5 Å². The summed E-state index contributed by atoms with van der Waals surface area (Å²) in [6.45, 7) is 2.01. The van der Waals surface area contributed by atoms with E-state index in [1.54, 1.807) is 32.4 Å². The van der Waals surface area contributed by atoms with Crippen LogP contribution in [0.2, 0.25) is 0 Å². The van der Waals surface area contributed by atoms with Crippen LogP contribution in [0.15, 0.2) is 76.3 Å². The van der Waals surface area contributed by atoms with Gasteiger partial charge in [-0.3, -0.25) is 13.9 Å². The number of hydrogen-bond donors (Lipinski definition) is 2. The third-order valence-corrected chi connectivity index (χ3v) is 7.15. The molecule has 3 aromatic carbocycles. The van der Waals surface area contributed by atoms with Crippen molar-refractivity contribution in [3.63, 3.8) is 0 Å². The predicted octanol–water partition coefficient (Wildman–Crippen LogP) is 4.23. The number of phenols is 1. The Balaban J connectivity index is 1.86. The Labute approximate surface area is 212 Å². The van der Waals surface area contributed by atoms with Crippen LogP contribution in [0.1, 0.15) is 22.9 Å². The van der Waals surface area contributed by atoms with Gasteiger partial charge in [0.25, 0.3) is 5.56 Å². The van der Waals surface area contributed by atoms with E-state index >= 15 is 0 Å². The van der Waals surface area contributed by atoms with Crippen molar-refractivity contribution in [3.05, 3.63) is 104 Å². The molecule has 0 aliphatic carbocycles. The number of benzene rings is 3. The van der Waals surface area contributed by atoms with Gasteiger partial charge in [0.15, 0.2) is 0 Å². The number of anilines is 1. The van der Waals surface area contributed by atoms with E-state index < -0.39 is 11.7 Å². The molecule has 8 heteroatoms. The van der Waals surface area contributed by atoms with E-state index in [1.165, 1.54) is 11.6 Å². The molecule has 1 aliphatic rings. The number of phenolic OH excluding ortho intramolecular Hbond substituents is 1. The summed E-state index contributed by atoms with van der Waals surface area (Å²) in [5.74, 6) is 0.572. The van der Waals surface area contributed by atoms with Gasteiger partial charge in [-0.25, -0.2) is 4.79 Å². The third-order valence-electron chi connectivity index (χ3n) is 7.15. The van der Waals surface area contributed by atoms with Crippen molar-refractivity contribution < 1.29 is 9.84 Å². The van der Waals surface area contributed by atoms with Gasteiger partial charge in [-0.05, 0) is 42.8 Å². The first-order chi connectivity index (χ1) is 17.8. The molecular formula is C29H26N4O4. The van der Waals surface area contributed by atoms with Crippen molar-refractivity contribution in [1.29, 1.82) is 0 Å². The summed E-state index contributed by atoms with van der Waals surface area (Å²) in [5.41, 5.74) is 5.68. The second-order valence-electron chi connectivity index (χ2n) is 9.39. The Hall–Kier alpha value is -4.72. The number of aromatic nitrogens is 3. The molecule has 37 heavy (non-hydrogen) atoms. The lowest BCUT2D eigenvalue weighted by Crippen LogP contribution is -2.37. The molecule has 0 spiro atoms. The minimum Gasteiger partial charge on any atom is -0.508 e. The van der Waals surface area contributed by atoms with Crippen molar-refractivity contribution in [2.24, 2.45) is 14.1 Å². The maximum Gasteiger partial charge on any atom is 0.331 e. The van der Waals surface area contributed by atoms with Crippen molar-refractivity contribution in [3.8, 4) is 28.4 Å². The topological polar surface area (TPSA) is 90.4 Å². The van der Waals surface area contributed by atoms with Crippen LogP contribution in [0, 0.1) is 6.92 Å². The quantitative estimate of drug-likeness (QED) is 0.392. The Morgan fingerprint density at radius 3 is 2.49 bits per heavy atom. The lowest BCUT2D eigenvalue weighted by atomic mass is 9.98. The summed E-state index contributed by atoms with van der Waals surface area (Å²) in [7, 11) is 4.75. The molecular weight excluding hydrogens is 468 g/mol. The van der Waals surface area contributed by atoms with Gasteiger partial charge in [0, 0.05) is 25.7 Å². The molecule has 2 N–H and O–H groups in total. The number of fused-ring (bicyclic) bond motifs is 5. The molecule has 2 aromatic heterocycles. The lowest BCUT2D eigenvalue weighted by Gasteiger charge is -2.32. The van der Waals surface area contributed by atoms with E-state index in [4.69, 9.17) is 4.74 Å². The maximum atomic E-state index is 13.8. The number of nitrogens with zero attached hydrogens (tertiary/aromatic N) is 3. The first-order valence-electron chi connectivity index (χ1n) is 12.0. The summed E-state index contributed by atoms with van der Waals surface area (Å²) in [6.07, 6.45) is 0. The largest absolute Gasteiger partial charge is 0.508 e. The van der Waals surface area contributed by atoms with Crippen LogP contribution < -0.4 is 21.3 Å². The fourth-order valence-corrected chi connectivity index (χ4v) is 5.46. The minimum atomic E-state index is -0.482. The Morgan fingerprint density at radius 1 is 0.946 bits per heavy atom. The number of aryl methyl sites for hydroxylation is 2. The second-order valence-corrected chi connectivity index (χ2v) is 9.39. The maximum absolute atomic E-state index is 13.8. The molecule has 0 radical (unpaired) electrons. The predicted molar refractivity (Wildman–Crippen MR) is 144 cm³/mol. The number of hydrogen-bond acceptors (Lipinski definition) is 5. The first-order valence-corrected chi connectivity index (χ1v) is 12.0. The Bertz CT molecular complexity index is 1840. The minimum absolute atomic E-state index is 0.0822.